The summed E-state index contributed by atoms with van der Waals surface area (Å²) < 4.78 is 0. The van der Waals surface area contributed by atoms with Crippen LogP contribution in [-0.2, 0) is 4.79 Å². The van der Waals surface area contributed by atoms with Crippen LogP contribution in [0.3, 0.4) is 0 Å². The number of hydrogen-bond acceptors (Lipinski definition) is 3. The molecule has 3 rings (SSSR count). The monoisotopic (exact) mass is 278 g/mol. The first kappa shape index (κ1) is 14.1. The lowest BCUT2D eigenvalue weighted by atomic mass is 10.0. The van der Waals surface area contributed by atoms with Crippen molar-refractivity contribution in [2.24, 2.45) is 0 Å². The summed E-state index contributed by atoms with van der Waals surface area (Å²) >= 11 is 0. The first-order valence-electron chi connectivity index (χ1n) is 8.01. The van der Waals surface area contributed by atoms with E-state index < -0.39 is 5.60 Å². The number of rotatable bonds is 4. The third-order valence-corrected chi connectivity index (χ3v) is 4.65. The molecule has 1 atom stereocenters. The molecule has 0 aromatic carbocycles. The summed E-state index contributed by atoms with van der Waals surface area (Å²) in [7, 11) is 0. The first-order valence-corrected chi connectivity index (χ1v) is 8.01. The number of nitrogens with zero attached hydrogens (tertiary/aromatic N) is 2. The molecule has 2 aliphatic carbocycles. The molecular formula is C16H26N2O2. The van der Waals surface area contributed by atoms with Gasteiger partial charge in [-0.3, -0.25) is 9.69 Å². The molecule has 1 N–H and O–H groups in total. The van der Waals surface area contributed by atoms with Gasteiger partial charge in [0.1, 0.15) is 0 Å². The number of carbonyl (C=O) groups is 1. The van der Waals surface area contributed by atoms with Crippen molar-refractivity contribution in [1.29, 1.82) is 0 Å². The van der Waals surface area contributed by atoms with Gasteiger partial charge in [0.2, 0.25) is 5.91 Å². The van der Waals surface area contributed by atoms with Crippen LogP contribution in [0, 0.1) is 0 Å². The van der Waals surface area contributed by atoms with Gasteiger partial charge in [0, 0.05) is 24.8 Å². The Labute approximate surface area is 121 Å². The van der Waals surface area contributed by atoms with Crippen molar-refractivity contribution >= 4 is 5.91 Å². The van der Waals surface area contributed by atoms with Crippen LogP contribution >= 0.6 is 0 Å². The van der Waals surface area contributed by atoms with E-state index in [9.17, 15) is 9.90 Å². The zero-order valence-corrected chi connectivity index (χ0v) is 12.5. The fraction of sp³-hybridized carbons (Fsp3) is 0.812. The van der Waals surface area contributed by atoms with Crippen LogP contribution in [0.1, 0.15) is 51.9 Å². The van der Waals surface area contributed by atoms with Gasteiger partial charge in [-0.25, -0.2) is 0 Å². The lowest BCUT2D eigenvalue weighted by Gasteiger charge is -2.29. The Kier molecular flexibility index (Phi) is 3.87. The Morgan fingerprint density at radius 2 is 2.30 bits per heavy atom. The summed E-state index contributed by atoms with van der Waals surface area (Å²) in [6, 6.07) is 0.454. The SMILES string of the molecule is CC1(O)CCN(CC(=O)N(C2=CCCCC2)C2CC2)C1. The van der Waals surface area contributed by atoms with E-state index in [1.807, 2.05) is 6.92 Å². The number of hydrogen-bond donors (Lipinski definition) is 1. The Morgan fingerprint density at radius 1 is 1.50 bits per heavy atom. The van der Waals surface area contributed by atoms with Gasteiger partial charge in [-0.2, -0.15) is 0 Å². The molecule has 2 fully saturated rings. The first-order chi connectivity index (χ1) is 9.55. The molecule has 0 aromatic heterocycles. The van der Waals surface area contributed by atoms with Crippen molar-refractivity contribution in [1.82, 2.24) is 9.80 Å². The molecule has 1 saturated carbocycles. The number of likely N-dealkylation sites (tertiary alicyclic amines) is 1. The molecule has 0 spiro atoms. The molecule has 1 amide bonds. The van der Waals surface area contributed by atoms with E-state index in [2.05, 4.69) is 15.9 Å². The average Bonchev–Trinajstić information content (AvgIpc) is 3.16. The molecular weight excluding hydrogens is 252 g/mol. The van der Waals surface area contributed by atoms with Crippen molar-refractivity contribution in [3.05, 3.63) is 11.8 Å². The highest BCUT2D eigenvalue weighted by Crippen LogP contribution is 2.34. The summed E-state index contributed by atoms with van der Waals surface area (Å²) in [4.78, 5) is 16.8. The smallest absolute Gasteiger partial charge is 0.241 e. The van der Waals surface area contributed by atoms with E-state index in [4.69, 9.17) is 0 Å². The molecule has 0 bridgehead atoms. The maximum Gasteiger partial charge on any atom is 0.241 e. The fourth-order valence-electron chi connectivity index (χ4n) is 3.41. The Hall–Kier alpha value is -0.870. The van der Waals surface area contributed by atoms with Crippen LogP contribution < -0.4 is 0 Å². The summed E-state index contributed by atoms with van der Waals surface area (Å²) in [6.07, 6.45) is 9.98. The average molecular weight is 278 g/mol. The van der Waals surface area contributed by atoms with Crippen LogP contribution in [0.2, 0.25) is 0 Å². The van der Waals surface area contributed by atoms with Gasteiger partial charge in [-0.15, -0.1) is 0 Å². The molecule has 20 heavy (non-hydrogen) atoms. The second kappa shape index (κ2) is 5.49. The Bertz CT molecular complexity index is 413. The predicted molar refractivity (Wildman–Crippen MR) is 78.1 cm³/mol. The van der Waals surface area contributed by atoms with Crippen molar-refractivity contribution in [3.8, 4) is 0 Å². The summed E-state index contributed by atoms with van der Waals surface area (Å²) in [6.45, 7) is 3.77. The molecule has 4 nitrogen and oxygen atoms in total. The molecule has 1 aliphatic heterocycles. The van der Waals surface area contributed by atoms with E-state index in [-0.39, 0.29) is 5.91 Å². The lowest BCUT2D eigenvalue weighted by Crippen LogP contribution is -2.41. The van der Waals surface area contributed by atoms with Gasteiger partial charge >= 0.3 is 0 Å². The van der Waals surface area contributed by atoms with Gasteiger partial charge in [0.25, 0.3) is 0 Å². The van der Waals surface area contributed by atoms with Crippen molar-refractivity contribution in [2.75, 3.05) is 19.6 Å². The molecule has 1 saturated heterocycles. The van der Waals surface area contributed by atoms with Gasteiger partial charge in [0.05, 0.1) is 12.1 Å². The molecule has 3 aliphatic rings. The Morgan fingerprint density at radius 3 is 2.85 bits per heavy atom. The minimum absolute atomic E-state index is 0.235. The van der Waals surface area contributed by atoms with E-state index >= 15 is 0 Å². The van der Waals surface area contributed by atoms with E-state index in [0.29, 0.717) is 19.1 Å². The van der Waals surface area contributed by atoms with Crippen LogP contribution in [0.15, 0.2) is 11.8 Å². The summed E-state index contributed by atoms with van der Waals surface area (Å²) in [5, 5.41) is 10.0. The topological polar surface area (TPSA) is 43.8 Å². The summed E-state index contributed by atoms with van der Waals surface area (Å²) in [5.41, 5.74) is 0.643. The number of amides is 1. The largest absolute Gasteiger partial charge is 0.389 e. The minimum Gasteiger partial charge on any atom is -0.389 e. The molecule has 4 heteroatoms. The zero-order valence-electron chi connectivity index (χ0n) is 12.5. The minimum atomic E-state index is -0.616. The Balaban J connectivity index is 1.63. The maximum atomic E-state index is 12.7. The van der Waals surface area contributed by atoms with Crippen molar-refractivity contribution in [3.63, 3.8) is 0 Å². The van der Waals surface area contributed by atoms with E-state index in [0.717, 1.165) is 38.6 Å². The van der Waals surface area contributed by atoms with Gasteiger partial charge in [0.15, 0.2) is 0 Å². The van der Waals surface area contributed by atoms with E-state index in [1.165, 1.54) is 18.5 Å². The van der Waals surface area contributed by atoms with Crippen LogP contribution in [0.4, 0.5) is 0 Å². The number of aliphatic hydroxyl groups is 1. The highest BCUT2D eigenvalue weighted by Gasteiger charge is 2.38. The highest BCUT2D eigenvalue weighted by atomic mass is 16.3. The second-order valence-electron chi connectivity index (χ2n) is 6.89. The van der Waals surface area contributed by atoms with Crippen LogP contribution in [-0.4, -0.2) is 52.1 Å². The van der Waals surface area contributed by atoms with Crippen molar-refractivity contribution in [2.45, 2.75) is 63.5 Å². The van der Waals surface area contributed by atoms with Crippen LogP contribution in [0.5, 0.6) is 0 Å². The second-order valence-corrected chi connectivity index (χ2v) is 6.89. The lowest BCUT2D eigenvalue weighted by molar-refractivity contribution is -0.131. The molecule has 0 aromatic rings. The third-order valence-electron chi connectivity index (χ3n) is 4.65. The van der Waals surface area contributed by atoms with Gasteiger partial charge in [-0.1, -0.05) is 6.08 Å². The maximum absolute atomic E-state index is 12.7. The molecule has 1 unspecified atom stereocenters. The molecule has 0 radical (unpaired) electrons. The van der Waals surface area contributed by atoms with Gasteiger partial charge < -0.3 is 10.0 Å². The fourth-order valence-corrected chi connectivity index (χ4v) is 3.41. The molecule has 1 heterocycles. The standard InChI is InChI=1S/C16H26N2O2/c1-16(20)9-10-17(12-16)11-15(19)18(14-7-8-14)13-5-3-2-4-6-13/h5,14,20H,2-4,6-12H2,1H3. The number of carbonyl (C=O) groups excluding carboxylic acids is 1. The third kappa shape index (κ3) is 3.23. The quantitative estimate of drug-likeness (QED) is 0.854. The van der Waals surface area contributed by atoms with Crippen LogP contribution in [0.25, 0.3) is 0 Å². The van der Waals surface area contributed by atoms with Crippen molar-refractivity contribution < 1.29 is 9.90 Å². The predicted octanol–water partition coefficient (Wildman–Crippen LogP) is 1.89. The van der Waals surface area contributed by atoms with Gasteiger partial charge in [-0.05, 0) is 51.9 Å². The normalized spacial score (nSPS) is 31.2. The number of β-amino-alcohol motifs (C(OH)–C–C–N with tert-alkyl or cyclic N) is 1. The number of allylic oxidation sites excluding steroid dienone is 2. The summed E-state index contributed by atoms with van der Waals surface area (Å²) in [5.74, 6) is 0.235. The zero-order chi connectivity index (χ0) is 14.2. The molecule has 112 valence electrons. The highest BCUT2D eigenvalue weighted by molar-refractivity contribution is 5.81. The van der Waals surface area contributed by atoms with E-state index in [1.54, 1.807) is 0 Å².